The largest absolute Gasteiger partial charge is 0.208 e. The van der Waals surface area contributed by atoms with Crippen LogP contribution in [-0.4, -0.2) is 15.0 Å². The lowest BCUT2D eigenvalue weighted by Crippen LogP contribution is -2.29. The predicted molar refractivity (Wildman–Crippen MR) is 190 cm³/mol. The maximum Gasteiger partial charge on any atom is 0.174 e. The molecule has 2 aliphatic rings. The van der Waals surface area contributed by atoms with Crippen molar-refractivity contribution >= 4 is 27.0 Å². The number of fused-ring (bicyclic) bond motifs is 3. The fourth-order valence-corrected chi connectivity index (χ4v) is 8.30. The van der Waals surface area contributed by atoms with Crippen LogP contribution in [0.2, 0.25) is 0 Å². The lowest BCUT2D eigenvalue weighted by atomic mass is 9.66. The van der Waals surface area contributed by atoms with Gasteiger partial charge in [0, 0.05) is 15.8 Å². The Kier molecular flexibility index (Phi) is 6.36. The molecule has 0 saturated carbocycles. The maximum atomic E-state index is 5.15. The summed E-state index contributed by atoms with van der Waals surface area (Å²) < 4.78 is 1.22. The summed E-state index contributed by atoms with van der Waals surface area (Å²) in [6, 6.07) is 49.7. The van der Waals surface area contributed by atoms with Crippen LogP contribution in [-0.2, 0) is 5.41 Å². The van der Waals surface area contributed by atoms with E-state index in [0.717, 1.165) is 28.8 Å². The van der Waals surface area contributed by atoms with E-state index in [9.17, 15) is 0 Å². The molecule has 218 valence electrons. The maximum absolute atomic E-state index is 5.15. The molecule has 0 saturated heterocycles. The zero-order valence-electron chi connectivity index (χ0n) is 25.1. The van der Waals surface area contributed by atoms with Crippen molar-refractivity contribution in [3.63, 3.8) is 0 Å². The molecule has 0 aliphatic heterocycles. The molecule has 1 unspecified atom stereocenters. The SMILES string of the molecule is C1=CC2=C(CC1)c1ccccc1C2(c1ccccc1)c1cccc(-c2nc(-c3ccccc3)nc(-c3cc4ccccc4s3)n2)c1. The Morgan fingerprint density at radius 3 is 2.09 bits per heavy atom. The minimum Gasteiger partial charge on any atom is -0.208 e. The van der Waals surface area contributed by atoms with Crippen molar-refractivity contribution in [1.29, 1.82) is 0 Å². The Morgan fingerprint density at radius 2 is 1.24 bits per heavy atom. The van der Waals surface area contributed by atoms with Crippen LogP contribution in [0.15, 0.2) is 157 Å². The van der Waals surface area contributed by atoms with Crippen molar-refractivity contribution < 1.29 is 0 Å². The van der Waals surface area contributed by atoms with Gasteiger partial charge in [0.05, 0.1) is 10.3 Å². The average molecular weight is 608 g/mol. The average Bonchev–Trinajstić information content (AvgIpc) is 3.71. The first-order valence-corrected chi connectivity index (χ1v) is 16.6. The normalized spacial score (nSPS) is 16.9. The van der Waals surface area contributed by atoms with Crippen LogP contribution in [0.4, 0.5) is 0 Å². The molecule has 0 radical (unpaired) electrons. The van der Waals surface area contributed by atoms with Crippen LogP contribution < -0.4 is 0 Å². The molecule has 1 atom stereocenters. The monoisotopic (exact) mass is 607 g/mol. The Bertz CT molecular complexity index is 2280. The molecular formula is C42H29N3S. The van der Waals surface area contributed by atoms with Crippen molar-refractivity contribution in [2.75, 3.05) is 0 Å². The third kappa shape index (κ3) is 4.22. The molecule has 0 bridgehead atoms. The van der Waals surface area contributed by atoms with E-state index in [0.29, 0.717) is 17.5 Å². The van der Waals surface area contributed by atoms with Crippen molar-refractivity contribution in [2.24, 2.45) is 0 Å². The molecule has 46 heavy (non-hydrogen) atoms. The highest BCUT2D eigenvalue weighted by molar-refractivity contribution is 7.22. The van der Waals surface area contributed by atoms with E-state index in [1.807, 2.05) is 18.2 Å². The Balaban J connectivity index is 1.28. The number of aromatic nitrogens is 3. The van der Waals surface area contributed by atoms with E-state index in [1.165, 1.54) is 43.5 Å². The van der Waals surface area contributed by atoms with Crippen LogP contribution in [0.1, 0.15) is 35.1 Å². The van der Waals surface area contributed by atoms with Gasteiger partial charge in [0.1, 0.15) is 0 Å². The van der Waals surface area contributed by atoms with Crippen molar-refractivity contribution in [1.82, 2.24) is 15.0 Å². The number of allylic oxidation sites excluding steroid dienone is 4. The summed E-state index contributed by atoms with van der Waals surface area (Å²) in [5.41, 5.74) is 9.49. The van der Waals surface area contributed by atoms with E-state index in [-0.39, 0.29) is 0 Å². The van der Waals surface area contributed by atoms with Gasteiger partial charge in [0.15, 0.2) is 17.5 Å². The molecule has 0 amide bonds. The van der Waals surface area contributed by atoms with Gasteiger partial charge in [-0.15, -0.1) is 11.3 Å². The lowest BCUT2D eigenvalue weighted by molar-refractivity contribution is 0.756. The second kappa shape index (κ2) is 10.9. The zero-order chi connectivity index (χ0) is 30.5. The van der Waals surface area contributed by atoms with Gasteiger partial charge < -0.3 is 0 Å². The summed E-state index contributed by atoms with van der Waals surface area (Å²) in [7, 11) is 0. The zero-order valence-corrected chi connectivity index (χ0v) is 25.9. The highest BCUT2D eigenvalue weighted by Gasteiger charge is 2.47. The molecule has 5 aromatic carbocycles. The Labute approximate surface area is 272 Å². The number of hydrogen-bond acceptors (Lipinski definition) is 4. The molecule has 2 aromatic heterocycles. The van der Waals surface area contributed by atoms with Crippen LogP contribution >= 0.6 is 11.3 Å². The fraction of sp³-hybridized carbons (Fsp3) is 0.0714. The van der Waals surface area contributed by atoms with Crippen molar-refractivity contribution in [2.45, 2.75) is 18.3 Å². The first kappa shape index (κ1) is 26.9. The van der Waals surface area contributed by atoms with Gasteiger partial charge in [-0.25, -0.2) is 15.0 Å². The minimum atomic E-state index is -0.441. The summed E-state index contributed by atoms with van der Waals surface area (Å²) in [5, 5.41) is 1.20. The summed E-state index contributed by atoms with van der Waals surface area (Å²) in [6.07, 6.45) is 6.81. The topological polar surface area (TPSA) is 38.7 Å². The third-order valence-corrected chi connectivity index (χ3v) is 10.4. The summed E-state index contributed by atoms with van der Waals surface area (Å²) in [5.74, 6) is 2.04. The molecule has 4 heteroatoms. The van der Waals surface area contributed by atoms with Crippen molar-refractivity contribution in [3.05, 3.63) is 180 Å². The standard InChI is InChI=1S/C42H29N3S/c1-3-14-28(15-4-1)39-43-40(45-41(44-39)38-27-29-16-7-12-25-37(29)46-38)30-17-13-20-32(26-30)42(31-18-5-2-6-19-31)35-23-10-8-21-33(35)34-22-9-11-24-36(34)42/h1-8,10-21,23-27H,9,22H2. The van der Waals surface area contributed by atoms with Gasteiger partial charge in [-0.3, -0.25) is 0 Å². The van der Waals surface area contributed by atoms with Crippen LogP contribution in [0, 0.1) is 0 Å². The van der Waals surface area contributed by atoms with Gasteiger partial charge in [-0.05, 0) is 69.8 Å². The highest BCUT2D eigenvalue weighted by atomic mass is 32.1. The van der Waals surface area contributed by atoms with Crippen LogP contribution in [0.5, 0.6) is 0 Å². The molecule has 2 heterocycles. The van der Waals surface area contributed by atoms with Gasteiger partial charge in [-0.2, -0.15) is 0 Å². The Morgan fingerprint density at radius 1 is 0.565 bits per heavy atom. The number of nitrogens with zero attached hydrogens (tertiary/aromatic N) is 3. The van der Waals surface area contributed by atoms with Crippen LogP contribution in [0.3, 0.4) is 0 Å². The van der Waals surface area contributed by atoms with E-state index in [1.54, 1.807) is 11.3 Å². The van der Waals surface area contributed by atoms with Gasteiger partial charge in [0.2, 0.25) is 0 Å². The number of benzene rings is 5. The molecule has 2 aliphatic carbocycles. The van der Waals surface area contributed by atoms with E-state index >= 15 is 0 Å². The van der Waals surface area contributed by atoms with Gasteiger partial charge in [-0.1, -0.05) is 133 Å². The van der Waals surface area contributed by atoms with E-state index in [2.05, 4.69) is 133 Å². The minimum absolute atomic E-state index is 0.441. The highest BCUT2D eigenvalue weighted by Crippen LogP contribution is 2.57. The van der Waals surface area contributed by atoms with Crippen molar-refractivity contribution in [3.8, 4) is 33.5 Å². The van der Waals surface area contributed by atoms with E-state index < -0.39 is 5.41 Å². The molecular weight excluding hydrogens is 579 g/mol. The first-order chi connectivity index (χ1) is 22.8. The van der Waals surface area contributed by atoms with Crippen LogP contribution in [0.25, 0.3) is 49.1 Å². The lowest BCUT2D eigenvalue weighted by Gasteiger charge is -2.35. The van der Waals surface area contributed by atoms with Gasteiger partial charge >= 0.3 is 0 Å². The number of hydrogen-bond donors (Lipinski definition) is 0. The molecule has 0 fully saturated rings. The van der Waals surface area contributed by atoms with Gasteiger partial charge in [0.25, 0.3) is 0 Å². The fourth-order valence-electron chi connectivity index (χ4n) is 7.31. The Hall–Kier alpha value is -5.45. The third-order valence-electron chi connectivity index (χ3n) is 9.30. The molecule has 3 nitrogen and oxygen atoms in total. The summed E-state index contributed by atoms with van der Waals surface area (Å²) in [4.78, 5) is 16.3. The van der Waals surface area contributed by atoms with E-state index in [4.69, 9.17) is 15.0 Å². The number of rotatable bonds is 5. The molecule has 7 aromatic rings. The quantitative estimate of drug-likeness (QED) is 0.195. The number of thiophene rings is 1. The first-order valence-electron chi connectivity index (χ1n) is 15.8. The molecule has 0 spiro atoms. The summed E-state index contributed by atoms with van der Waals surface area (Å²) >= 11 is 1.72. The molecule has 9 rings (SSSR count). The molecule has 0 N–H and O–H groups in total. The second-order valence-electron chi connectivity index (χ2n) is 11.9. The smallest absolute Gasteiger partial charge is 0.174 e. The second-order valence-corrected chi connectivity index (χ2v) is 13.0. The predicted octanol–water partition coefficient (Wildman–Crippen LogP) is 10.5. The summed E-state index contributed by atoms with van der Waals surface area (Å²) in [6.45, 7) is 0.